The third-order valence-electron chi connectivity index (χ3n) is 2.62. The van der Waals surface area contributed by atoms with Crippen LogP contribution in [-0.4, -0.2) is 18.1 Å². The molecule has 14 heavy (non-hydrogen) atoms. The predicted molar refractivity (Wildman–Crippen MR) is 49.1 cm³/mol. The summed E-state index contributed by atoms with van der Waals surface area (Å²) in [4.78, 5) is 15.2. The number of aromatic nitrogens is 1. The van der Waals surface area contributed by atoms with Gasteiger partial charge >= 0.3 is 5.97 Å². The highest BCUT2D eigenvalue weighted by molar-refractivity contribution is 5.86. The summed E-state index contributed by atoms with van der Waals surface area (Å²) in [7, 11) is 1.34. The molecule has 1 aliphatic rings. The second-order valence-electron chi connectivity index (χ2n) is 3.54. The van der Waals surface area contributed by atoms with E-state index < -0.39 is 5.97 Å². The first-order chi connectivity index (χ1) is 6.81. The minimum absolute atomic E-state index is 0.273. The van der Waals surface area contributed by atoms with Gasteiger partial charge in [-0.15, -0.1) is 0 Å². The van der Waals surface area contributed by atoms with Gasteiger partial charge in [0.05, 0.1) is 7.11 Å². The molecule has 0 unspecified atom stereocenters. The van der Waals surface area contributed by atoms with E-state index in [9.17, 15) is 4.79 Å². The molecule has 1 aromatic heterocycles. The monoisotopic (exact) mass is 195 g/mol. The van der Waals surface area contributed by atoms with E-state index in [0.29, 0.717) is 11.8 Å². The van der Waals surface area contributed by atoms with E-state index in [-0.39, 0.29) is 5.69 Å². The van der Waals surface area contributed by atoms with Crippen LogP contribution >= 0.6 is 0 Å². The molecular formula is C10H13NO3. The van der Waals surface area contributed by atoms with Crippen molar-refractivity contribution in [1.82, 2.24) is 4.98 Å². The number of hydrogen-bond acceptors (Lipinski definition) is 4. The fourth-order valence-electron chi connectivity index (χ4n) is 1.85. The topological polar surface area (TPSA) is 52.3 Å². The molecule has 0 radical (unpaired) electrons. The third kappa shape index (κ3) is 1.64. The molecule has 76 valence electrons. The van der Waals surface area contributed by atoms with Crippen LogP contribution in [0.15, 0.2) is 10.7 Å². The standard InChI is InChI=1S/C10H13NO3/c1-13-10(12)8-6-14-9(11-8)7-4-2-3-5-7/h6-7H,2-5H2,1H3. The van der Waals surface area contributed by atoms with Crippen LogP contribution in [0.1, 0.15) is 48.0 Å². The maximum absolute atomic E-state index is 11.1. The van der Waals surface area contributed by atoms with Gasteiger partial charge in [0, 0.05) is 5.92 Å². The van der Waals surface area contributed by atoms with E-state index in [1.54, 1.807) is 0 Å². The number of carbonyl (C=O) groups is 1. The number of esters is 1. The molecule has 2 rings (SSSR count). The Hall–Kier alpha value is -1.32. The molecule has 1 fully saturated rings. The van der Waals surface area contributed by atoms with Crippen LogP contribution < -0.4 is 0 Å². The van der Waals surface area contributed by atoms with E-state index >= 15 is 0 Å². The maximum Gasteiger partial charge on any atom is 0.360 e. The van der Waals surface area contributed by atoms with Crippen molar-refractivity contribution in [2.24, 2.45) is 0 Å². The molecule has 0 bridgehead atoms. The molecule has 0 spiro atoms. The smallest absolute Gasteiger partial charge is 0.360 e. The SMILES string of the molecule is COC(=O)c1coc(C2CCCC2)n1. The number of nitrogens with zero attached hydrogens (tertiary/aromatic N) is 1. The van der Waals surface area contributed by atoms with Crippen LogP contribution in [0.2, 0.25) is 0 Å². The Morgan fingerprint density at radius 1 is 1.57 bits per heavy atom. The van der Waals surface area contributed by atoms with Gasteiger partial charge in [-0.1, -0.05) is 12.8 Å². The van der Waals surface area contributed by atoms with E-state index in [2.05, 4.69) is 9.72 Å². The van der Waals surface area contributed by atoms with Crippen molar-refractivity contribution >= 4 is 5.97 Å². The van der Waals surface area contributed by atoms with Crippen LogP contribution in [0, 0.1) is 0 Å². The predicted octanol–water partition coefficient (Wildman–Crippen LogP) is 2.12. The Bertz CT molecular complexity index is 326. The van der Waals surface area contributed by atoms with Gasteiger partial charge in [0.25, 0.3) is 0 Å². The van der Waals surface area contributed by atoms with E-state index in [1.165, 1.54) is 26.2 Å². The lowest BCUT2D eigenvalue weighted by Crippen LogP contribution is -2.02. The maximum atomic E-state index is 11.1. The molecule has 4 nitrogen and oxygen atoms in total. The molecule has 0 atom stereocenters. The van der Waals surface area contributed by atoms with Gasteiger partial charge < -0.3 is 9.15 Å². The summed E-state index contributed by atoms with van der Waals surface area (Å²) in [6.45, 7) is 0. The largest absolute Gasteiger partial charge is 0.464 e. The Balaban J connectivity index is 2.12. The van der Waals surface area contributed by atoms with E-state index in [1.807, 2.05) is 0 Å². The number of methoxy groups -OCH3 is 1. The third-order valence-corrected chi connectivity index (χ3v) is 2.62. The van der Waals surface area contributed by atoms with E-state index in [0.717, 1.165) is 12.8 Å². The molecule has 1 aliphatic carbocycles. The Morgan fingerprint density at radius 2 is 2.29 bits per heavy atom. The lowest BCUT2D eigenvalue weighted by atomic mass is 10.1. The van der Waals surface area contributed by atoms with Crippen LogP contribution in [0.3, 0.4) is 0 Å². The Morgan fingerprint density at radius 3 is 2.93 bits per heavy atom. The molecule has 1 aromatic rings. The van der Waals surface area contributed by atoms with Crippen molar-refractivity contribution in [2.45, 2.75) is 31.6 Å². The zero-order valence-corrected chi connectivity index (χ0v) is 8.16. The van der Waals surface area contributed by atoms with Gasteiger partial charge in [-0.2, -0.15) is 0 Å². The number of ether oxygens (including phenoxy) is 1. The van der Waals surface area contributed by atoms with Crippen molar-refractivity contribution in [2.75, 3.05) is 7.11 Å². The van der Waals surface area contributed by atoms with Gasteiger partial charge in [-0.05, 0) is 12.8 Å². The Labute approximate surface area is 82.3 Å². The summed E-state index contributed by atoms with van der Waals surface area (Å²) >= 11 is 0. The molecular weight excluding hydrogens is 182 g/mol. The first-order valence-corrected chi connectivity index (χ1v) is 4.85. The number of carbonyl (C=O) groups excluding carboxylic acids is 1. The van der Waals surface area contributed by atoms with Crippen molar-refractivity contribution in [3.05, 3.63) is 17.8 Å². The molecule has 0 saturated heterocycles. The van der Waals surface area contributed by atoms with Crippen molar-refractivity contribution in [3.63, 3.8) is 0 Å². The average molecular weight is 195 g/mol. The van der Waals surface area contributed by atoms with Gasteiger partial charge in [-0.25, -0.2) is 9.78 Å². The van der Waals surface area contributed by atoms with Crippen molar-refractivity contribution in [1.29, 1.82) is 0 Å². The van der Waals surface area contributed by atoms with Gasteiger partial charge in [0.15, 0.2) is 11.6 Å². The highest BCUT2D eigenvalue weighted by atomic mass is 16.5. The first-order valence-electron chi connectivity index (χ1n) is 4.85. The lowest BCUT2D eigenvalue weighted by Gasteiger charge is -2.00. The fourth-order valence-corrected chi connectivity index (χ4v) is 1.85. The summed E-state index contributed by atoms with van der Waals surface area (Å²) in [5.41, 5.74) is 0.273. The number of hydrogen-bond donors (Lipinski definition) is 0. The normalized spacial score (nSPS) is 17.2. The highest BCUT2D eigenvalue weighted by Gasteiger charge is 2.23. The number of oxazole rings is 1. The summed E-state index contributed by atoms with van der Waals surface area (Å²) in [6, 6.07) is 0. The zero-order chi connectivity index (χ0) is 9.97. The molecule has 1 heterocycles. The van der Waals surface area contributed by atoms with Crippen LogP contribution in [-0.2, 0) is 4.74 Å². The first kappa shape index (κ1) is 9.24. The summed E-state index contributed by atoms with van der Waals surface area (Å²) < 4.78 is 9.81. The minimum Gasteiger partial charge on any atom is -0.464 e. The van der Waals surface area contributed by atoms with E-state index in [4.69, 9.17) is 4.42 Å². The van der Waals surface area contributed by atoms with Crippen molar-refractivity contribution < 1.29 is 13.9 Å². The number of rotatable bonds is 2. The van der Waals surface area contributed by atoms with Gasteiger partial charge in [0.1, 0.15) is 6.26 Å². The molecule has 1 saturated carbocycles. The second kappa shape index (κ2) is 3.82. The molecule has 0 N–H and O–H groups in total. The fraction of sp³-hybridized carbons (Fsp3) is 0.600. The van der Waals surface area contributed by atoms with Crippen LogP contribution in [0.5, 0.6) is 0 Å². The average Bonchev–Trinajstić information content (AvgIpc) is 2.86. The van der Waals surface area contributed by atoms with Gasteiger partial charge in [0.2, 0.25) is 0 Å². The molecule has 0 aliphatic heterocycles. The summed E-state index contributed by atoms with van der Waals surface area (Å²) in [5, 5.41) is 0. The summed E-state index contributed by atoms with van der Waals surface area (Å²) in [6.07, 6.45) is 6.04. The quantitative estimate of drug-likeness (QED) is 0.678. The molecule has 0 aromatic carbocycles. The highest BCUT2D eigenvalue weighted by Crippen LogP contribution is 2.33. The minimum atomic E-state index is -0.432. The molecule has 0 amide bonds. The van der Waals surface area contributed by atoms with Crippen LogP contribution in [0.4, 0.5) is 0 Å². The summed E-state index contributed by atoms with van der Waals surface area (Å²) in [5.74, 6) is 0.648. The van der Waals surface area contributed by atoms with Crippen molar-refractivity contribution in [3.8, 4) is 0 Å². The zero-order valence-electron chi connectivity index (χ0n) is 8.16. The second-order valence-corrected chi connectivity index (χ2v) is 3.54. The lowest BCUT2D eigenvalue weighted by molar-refractivity contribution is 0.0594. The van der Waals surface area contributed by atoms with Crippen LogP contribution in [0.25, 0.3) is 0 Å². The van der Waals surface area contributed by atoms with Gasteiger partial charge in [-0.3, -0.25) is 0 Å². The molecule has 4 heteroatoms. The Kier molecular flexibility index (Phi) is 2.52.